The fraction of sp³-hybridized carbons (Fsp3) is 0.286. The summed E-state index contributed by atoms with van der Waals surface area (Å²) < 4.78 is 27.2. The Hall–Kier alpha value is -2.88. The smallest absolute Gasteiger partial charge is 0.265 e. The number of nitrogens with one attached hydrogen (secondary N) is 1. The molecule has 0 radical (unpaired) electrons. The first-order valence-corrected chi connectivity index (χ1v) is 11.3. The second-order valence-corrected chi connectivity index (χ2v) is 9.04. The van der Waals surface area contributed by atoms with Crippen molar-refractivity contribution in [2.24, 2.45) is 4.40 Å². The van der Waals surface area contributed by atoms with Crippen LogP contribution >= 0.6 is 10.8 Å². The summed E-state index contributed by atoms with van der Waals surface area (Å²) in [6, 6.07) is 10.6. The summed E-state index contributed by atoms with van der Waals surface area (Å²) in [6.07, 6.45) is 3.43. The molecule has 0 unspecified atom stereocenters. The fourth-order valence-electron chi connectivity index (χ4n) is 3.71. The number of aryl methyl sites for hydroxylation is 1. The van der Waals surface area contributed by atoms with Gasteiger partial charge in [0.05, 0.1) is 11.4 Å². The summed E-state index contributed by atoms with van der Waals surface area (Å²) in [5.74, 6) is 0.151. The van der Waals surface area contributed by atoms with Gasteiger partial charge in [-0.15, -0.1) is 4.40 Å². The Morgan fingerprint density at radius 3 is 2.67 bits per heavy atom. The van der Waals surface area contributed by atoms with Crippen LogP contribution < -0.4 is 15.8 Å². The van der Waals surface area contributed by atoms with Gasteiger partial charge in [0.25, 0.3) is 5.56 Å². The Bertz CT molecular complexity index is 1200. The van der Waals surface area contributed by atoms with Crippen molar-refractivity contribution in [3.05, 3.63) is 58.5 Å². The molecule has 0 spiro atoms. The summed E-state index contributed by atoms with van der Waals surface area (Å²) in [4.78, 5) is 20.3. The molecule has 158 valence electrons. The molecule has 0 aliphatic carbocycles. The molecular weight excluding hydrogens is 402 g/mol. The van der Waals surface area contributed by atoms with Gasteiger partial charge in [-0.05, 0) is 30.7 Å². The molecule has 4 rings (SSSR count). The average molecular weight is 428 g/mol. The van der Waals surface area contributed by atoms with Gasteiger partial charge in [0.15, 0.2) is 5.84 Å². The summed E-state index contributed by atoms with van der Waals surface area (Å²) in [6.45, 7) is 2.58. The van der Waals surface area contributed by atoms with Crippen LogP contribution in [0.15, 0.2) is 56.7 Å². The van der Waals surface area contributed by atoms with Crippen molar-refractivity contribution in [2.45, 2.75) is 31.2 Å². The van der Waals surface area contributed by atoms with Crippen LogP contribution in [0.4, 0.5) is 11.4 Å². The first-order chi connectivity index (χ1) is 14.3. The van der Waals surface area contributed by atoms with Crippen molar-refractivity contribution < 1.29 is 9.11 Å². The maximum Gasteiger partial charge on any atom is 0.265 e. The van der Waals surface area contributed by atoms with E-state index in [4.69, 9.17) is 0 Å². The minimum atomic E-state index is -3.44. The van der Waals surface area contributed by atoms with Gasteiger partial charge in [-0.3, -0.25) is 18.5 Å². The van der Waals surface area contributed by atoms with E-state index in [1.807, 2.05) is 31.1 Å². The van der Waals surface area contributed by atoms with E-state index in [2.05, 4.69) is 21.6 Å². The maximum absolute atomic E-state index is 13.7. The predicted molar refractivity (Wildman–Crippen MR) is 123 cm³/mol. The first-order valence-electron chi connectivity index (χ1n) is 9.78. The number of para-hydroxylation sites is 1. The van der Waals surface area contributed by atoms with Crippen LogP contribution in [0, 0.1) is 0 Å². The normalized spacial score (nSPS) is 15.8. The molecule has 0 amide bonds. The van der Waals surface area contributed by atoms with E-state index in [1.54, 1.807) is 35.0 Å². The Labute approximate surface area is 176 Å². The van der Waals surface area contributed by atoms with Crippen LogP contribution in [-0.2, 0) is 6.54 Å². The Morgan fingerprint density at radius 2 is 1.93 bits per heavy atom. The SMILES string of the molecule is CCCCn1c(=O)c(C2=NS(O)(O)c3ccccc3N2)c(N(C)C)c2cccnc21. The Kier molecular flexibility index (Phi) is 5.27. The number of unbranched alkanes of at least 4 members (excludes halogenated alkanes) is 1. The summed E-state index contributed by atoms with van der Waals surface area (Å²) >= 11 is 0. The van der Waals surface area contributed by atoms with Gasteiger partial charge < -0.3 is 10.2 Å². The molecule has 3 aromatic rings. The van der Waals surface area contributed by atoms with Crippen molar-refractivity contribution in [3.63, 3.8) is 0 Å². The van der Waals surface area contributed by atoms with Gasteiger partial charge in [-0.25, -0.2) is 4.98 Å². The second kappa shape index (κ2) is 7.75. The number of hydrogen-bond donors (Lipinski definition) is 3. The summed E-state index contributed by atoms with van der Waals surface area (Å²) in [5, 5.41) is 3.94. The monoisotopic (exact) mass is 427 g/mol. The van der Waals surface area contributed by atoms with E-state index in [0.717, 1.165) is 18.2 Å². The van der Waals surface area contributed by atoms with Crippen LogP contribution in [0.2, 0.25) is 0 Å². The van der Waals surface area contributed by atoms with Crippen LogP contribution in [0.5, 0.6) is 0 Å². The molecule has 0 bridgehead atoms. The van der Waals surface area contributed by atoms with Crippen molar-refractivity contribution in [1.29, 1.82) is 0 Å². The molecule has 1 aromatic carbocycles. The molecule has 3 N–H and O–H groups in total. The number of benzene rings is 1. The number of anilines is 2. The van der Waals surface area contributed by atoms with Crippen molar-refractivity contribution in [1.82, 2.24) is 9.55 Å². The number of amidine groups is 1. The van der Waals surface area contributed by atoms with Crippen molar-refractivity contribution in [2.75, 3.05) is 24.3 Å². The molecule has 0 atom stereocenters. The zero-order chi connectivity index (χ0) is 21.5. The molecule has 0 saturated carbocycles. The van der Waals surface area contributed by atoms with E-state index in [-0.39, 0.29) is 11.4 Å². The zero-order valence-electron chi connectivity index (χ0n) is 17.2. The Balaban J connectivity index is 2.04. The molecule has 30 heavy (non-hydrogen) atoms. The highest BCUT2D eigenvalue weighted by atomic mass is 32.3. The zero-order valence-corrected chi connectivity index (χ0v) is 18.0. The molecule has 1 aliphatic heterocycles. The topological polar surface area (TPSA) is 103 Å². The quantitative estimate of drug-likeness (QED) is 0.565. The van der Waals surface area contributed by atoms with Crippen molar-refractivity contribution >= 4 is 39.0 Å². The lowest BCUT2D eigenvalue weighted by Crippen LogP contribution is -2.35. The van der Waals surface area contributed by atoms with Crippen molar-refractivity contribution in [3.8, 4) is 0 Å². The average Bonchev–Trinajstić information content (AvgIpc) is 2.71. The highest BCUT2D eigenvalue weighted by Gasteiger charge is 2.30. The van der Waals surface area contributed by atoms with Gasteiger partial charge >= 0.3 is 0 Å². The van der Waals surface area contributed by atoms with E-state index < -0.39 is 10.8 Å². The van der Waals surface area contributed by atoms with Crippen LogP contribution in [0.3, 0.4) is 0 Å². The highest BCUT2D eigenvalue weighted by Crippen LogP contribution is 2.55. The van der Waals surface area contributed by atoms with Gasteiger partial charge in [0, 0.05) is 32.2 Å². The molecule has 0 fully saturated rings. The molecule has 0 saturated heterocycles. The third-order valence-corrected chi connectivity index (χ3v) is 6.45. The lowest BCUT2D eigenvalue weighted by molar-refractivity contribution is 0.489. The maximum atomic E-state index is 13.7. The van der Waals surface area contributed by atoms with Crippen LogP contribution in [0.1, 0.15) is 25.3 Å². The number of fused-ring (bicyclic) bond motifs is 2. The standard InChI is InChI=1S/C21H25N5O3S/c1-4-5-13-26-20-14(9-8-12-22-20)18(25(2)3)17(21(26)27)19-23-15-10-6-7-11-16(15)30(28,29)24-19/h6-12,28-29H,4-5,13H2,1-3H3,(H,23,24). The largest absolute Gasteiger partial charge is 0.376 e. The third-order valence-electron chi connectivity index (χ3n) is 5.07. The first kappa shape index (κ1) is 20.4. The lowest BCUT2D eigenvalue weighted by Gasteiger charge is -2.34. The minimum absolute atomic E-state index is 0.151. The number of aromatic nitrogens is 2. The number of nitrogens with zero attached hydrogens (tertiary/aromatic N) is 4. The number of pyridine rings is 2. The molecule has 8 nitrogen and oxygen atoms in total. The lowest BCUT2D eigenvalue weighted by atomic mass is 10.1. The minimum Gasteiger partial charge on any atom is -0.376 e. The Morgan fingerprint density at radius 1 is 1.17 bits per heavy atom. The molecule has 3 heterocycles. The van der Waals surface area contributed by atoms with Gasteiger partial charge in [-0.2, -0.15) is 0 Å². The molecule has 2 aromatic heterocycles. The van der Waals surface area contributed by atoms with Gasteiger partial charge in [0.1, 0.15) is 16.1 Å². The van der Waals surface area contributed by atoms with E-state index >= 15 is 0 Å². The van der Waals surface area contributed by atoms with Gasteiger partial charge in [0.2, 0.25) is 0 Å². The predicted octanol–water partition coefficient (Wildman–Crippen LogP) is 4.16. The fourth-order valence-corrected chi connectivity index (χ4v) is 4.87. The summed E-state index contributed by atoms with van der Waals surface area (Å²) in [5.41, 5.74) is 1.80. The van der Waals surface area contributed by atoms with E-state index in [0.29, 0.717) is 34.0 Å². The molecular formula is C21H25N5O3S. The summed E-state index contributed by atoms with van der Waals surface area (Å²) in [7, 11) is 0.249. The van der Waals surface area contributed by atoms with Crippen LogP contribution in [0.25, 0.3) is 11.0 Å². The van der Waals surface area contributed by atoms with Crippen LogP contribution in [-0.4, -0.2) is 38.6 Å². The van der Waals surface area contributed by atoms with Gasteiger partial charge in [-0.1, -0.05) is 36.3 Å². The molecule has 9 heteroatoms. The number of rotatable bonds is 5. The molecule has 1 aliphatic rings. The number of hydrogen-bond acceptors (Lipinski definition) is 7. The second-order valence-electron chi connectivity index (χ2n) is 7.38. The van der Waals surface area contributed by atoms with E-state index in [1.165, 1.54) is 0 Å². The highest BCUT2D eigenvalue weighted by molar-refractivity contribution is 8.23. The van der Waals surface area contributed by atoms with E-state index in [9.17, 15) is 13.9 Å². The third kappa shape index (κ3) is 3.34.